The number of benzene rings is 1. The predicted octanol–water partition coefficient (Wildman–Crippen LogP) is 1.35. The summed E-state index contributed by atoms with van der Waals surface area (Å²) in [6.45, 7) is 1.74. The molecule has 0 heterocycles. The number of carboxylic acids is 1. The molecule has 20 heavy (non-hydrogen) atoms. The maximum absolute atomic E-state index is 11.3. The van der Waals surface area contributed by atoms with E-state index < -0.39 is 5.97 Å². The van der Waals surface area contributed by atoms with E-state index in [-0.39, 0.29) is 25.6 Å². The minimum absolute atomic E-state index is 0.164. The van der Waals surface area contributed by atoms with Crippen molar-refractivity contribution in [1.82, 2.24) is 0 Å². The van der Waals surface area contributed by atoms with E-state index in [2.05, 4.69) is 10.1 Å². The Bertz CT molecular complexity index is 499. The fourth-order valence-electron chi connectivity index (χ4n) is 1.84. The molecule has 0 saturated heterocycles. The van der Waals surface area contributed by atoms with E-state index in [1.54, 1.807) is 7.05 Å². The van der Waals surface area contributed by atoms with Crippen LogP contribution >= 0.6 is 0 Å². The minimum Gasteiger partial charge on any atom is -0.480 e. The highest BCUT2D eigenvalue weighted by Gasteiger charge is 2.10. The largest absolute Gasteiger partial charge is 0.480 e. The van der Waals surface area contributed by atoms with Crippen molar-refractivity contribution in [3.63, 3.8) is 0 Å². The van der Waals surface area contributed by atoms with Crippen molar-refractivity contribution in [3.8, 4) is 0 Å². The molecule has 0 bridgehead atoms. The molecule has 1 aromatic rings. The molecule has 0 spiro atoms. The van der Waals surface area contributed by atoms with E-state index in [0.717, 1.165) is 22.4 Å². The van der Waals surface area contributed by atoms with Gasteiger partial charge >= 0.3 is 11.9 Å². The Morgan fingerprint density at radius 3 is 2.60 bits per heavy atom. The molecule has 0 saturated carbocycles. The van der Waals surface area contributed by atoms with Crippen molar-refractivity contribution in [2.24, 2.45) is 0 Å². The first-order valence-corrected chi connectivity index (χ1v) is 6.14. The summed E-state index contributed by atoms with van der Waals surface area (Å²) >= 11 is 0. The van der Waals surface area contributed by atoms with Gasteiger partial charge in [-0.3, -0.25) is 4.79 Å². The first kappa shape index (κ1) is 16.0. The van der Waals surface area contributed by atoms with E-state index in [0.29, 0.717) is 0 Å². The van der Waals surface area contributed by atoms with Gasteiger partial charge in [-0.1, -0.05) is 6.07 Å². The third kappa shape index (κ3) is 4.55. The Morgan fingerprint density at radius 2 is 2.05 bits per heavy atom. The Labute approximate surface area is 117 Å². The van der Waals surface area contributed by atoms with Crippen molar-refractivity contribution < 1.29 is 24.2 Å². The molecule has 1 aromatic carbocycles. The lowest BCUT2D eigenvalue weighted by atomic mass is 10.0. The fourth-order valence-corrected chi connectivity index (χ4v) is 1.84. The molecule has 0 aliphatic carbocycles. The number of ether oxygens (including phenoxy) is 2. The average molecular weight is 281 g/mol. The monoisotopic (exact) mass is 281 g/mol. The van der Waals surface area contributed by atoms with Crippen LogP contribution in [0.4, 0.5) is 5.69 Å². The molecule has 0 amide bonds. The molecule has 6 nitrogen and oxygen atoms in total. The molecule has 0 aromatic heterocycles. The zero-order valence-electron chi connectivity index (χ0n) is 11.9. The van der Waals surface area contributed by atoms with Gasteiger partial charge in [0, 0.05) is 12.7 Å². The topological polar surface area (TPSA) is 84.9 Å². The van der Waals surface area contributed by atoms with Crippen LogP contribution in [0, 0.1) is 6.92 Å². The van der Waals surface area contributed by atoms with Crippen LogP contribution in [0.1, 0.15) is 16.7 Å². The fraction of sp³-hybridized carbons (Fsp3) is 0.429. The second kappa shape index (κ2) is 7.49. The van der Waals surface area contributed by atoms with Gasteiger partial charge in [-0.05, 0) is 29.7 Å². The number of anilines is 1. The third-order valence-corrected chi connectivity index (χ3v) is 2.90. The molecule has 0 atom stereocenters. The summed E-state index contributed by atoms with van der Waals surface area (Å²) in [6, 6.07) is 3.70. The maximum Gasteiger partial charge on any atom is 0.329 e. The van der Waals surface area contributed by atoms with Crippen LogP contribution in [0.3, 0.4) is 0 Å². The molecule has 0 aliphatic rings. The number of nitrogens with one attached hydrogen (secondary N) is 1. The van der Waals surface area contributed by atoms with Crippen molar-refractivity contribution >= 4 is 17.6 Å². The number of aliphatic carboxylic acids is 1. The summed E-state index contributed by atoms with van der Waals surface area (Å²) in [5, 5.41) is 11.6. The van der Waals surface area contributed by atoms with Gasteiger partial charge in [0.1, 0.15) is 6.61 Å². The minimum atomic E-state index is -1.01. The van der Waals surface area contributed by atoms with Gasteiger partial charge in [0.05, 0.1) is 20.1 Å². The highest BCUT2D eigenvalue weighted by Crippen LogP contribution is 2.23. The van der Waals surface area contributed by atoms with Gasteiger partial charge in [0.15, 0.2) is 0 Å². The molecule has 2 N–H and O–H groups in total. The molecule has 0 aliphatic heterocycles. The predicted molar refractivity (Wildman–Crippen MR) is 73.7 cm³/mol. The van der Waals surface area contributed by atoms with Crippen LogP contribution in [0.5, 0.6) is 0 Å². The van der Waals surface area contributed by atoms with Gasteiger partial charge in [0.25, 0.3) is 0 Å². The Hall–Kier alpha value is -2.08. The number of carbonyl (C=O) groups is 2. The van der Waals surface area contributed by atoms with E-state index in [9.17, 15) is 9.59 Å². The normalized spacial score (nSPS) is 10.2. The second-order valence-corrected chi connectivity index (χ2v) is 4.32. The smallest absolute Gasteiger partial charge is 0.329 e. The maximum atomic E-state index is 11.3. The number of carboxylic acid groups (broad SMARTS) is 1. The first-order chi connectivity index (χ1) is 9.47. The highest BCUT2D eigenvalue weighted by atomic mass is 16.5. The number of rotatable bonds is 7. The second-order valence-electron chi connectivity index (χ2n) is 4.32. The van der Waals surface area contributed by atoms with Gasteiger partial charge in [-0.25, -0.2) is 4.79 Å². The zero-order valence-corrected chi connectivity index (χ0v) is 11.9. The summed E-state index contributed by atoms with van der Waals surface area (Å²) in [4.78, 5) is 21.8. The van der Waals surface area contributed by atoms with Crippen LogP contribution < -0.4 is 5.32 Å². The van der Waals surface area contributed by atoms with Crippen LogP contribution in [0.25, 0.3) is 0 Å². The van der Waals surface area contributed by atoms with Gasteiger partial charge < -0.3 is 19.9 Å². The summed E-state index contributed by atoms with van der Waals surface area (Å²) < 4.78 is 9.75. The standard InChI is InChI=1S/C14H19NO5/c1-9-11(7-20-8-13(16)17)4-10(5-12(9)15-2)6-14(18)19-3/h4-5,15H,6-8H2,1-3H3,(H,16,17). The lowest BCUT2D eigenvalue weighted by molar-refractivity contribution is -0.142. The SMILES string of the molecule is CNc1cc(CC(=O)OC)cc(COCC(=O)O)c1C. The molecule has 6 heteroatoms. The number of hydrogen-bond acceptors (Lipinski definition) is 5. The van der Waals surface area contributed by atoms with E-state index in [4.69, 9.17) is 9.84 Å². The molecule has 1 rings (SSSR count). The van der Waals surface area contributed by atoms with Crippen molar-refractivity contribution in [2.45, 2.75) is 20.0 Å². The molecule has 110 valence electrons. The van der Waals surface area contributed by atoms with Gasteiger partial charge in [0.2, 0.25) is 0 Å². The van der Waals surface area contributed by atoms with E-state index in [1.807, 2.05) is 19.1 Å². The number of hydrogen-bond donors (Lipinski definition) is 2. The summed E-state index contributed by atoms with van der Waals surface area (Å²) in [6.07, 6.45) is 0.164. The first-order valence-electron chi connectivity index (χ1n) is 6.14. The summed E-state index contributed by atoms with van der Waals surface area (Å²) in [7, 11) is 3.12. The van der Waals surface area contributed by atoms with Gasteiger partial charge in [-0.15, -0.1) is 0 Å². The third-order valence-electron chi connectivity index (χ3n) is 2.90. The molecular formula is C14H19NO5. The van der Waals surface area contributed by atoms with Crippen molar-refractivity contribution in [3.05, 3.63) is 28.8 Å². The molecule has 0 fully saturated rings. The quantitative estimate of drug-likeness (QED) is 0.734. The lowest BCUT2D eigenvalue weighted by Gasteiger charge is -2.14. The number of carbonyl (C=O) groups excluding carboxylic acids is 1. The Morgan fingerprint density at radius 1 is 1.35 bits per heavy atom. The number of methoxy groups -OCH3 is 1. The van der Waals surface area contributed by atoms with E-state index in [1.165, 1.54) is 7.11 Å². The number of esters is 1. The molecule has 0 unspecified atom stereocenters. The van der Waals surface area contributed by atoms with Crippen LogP contribution in [-0.2, 0) is 32.1 Å². The Balaban J connectivity index is 2.93. The summed E-state index contributed by atoms with van der Waals surface area (Å²) in [5.41, 5.74) is 3.48. The molecule has 0 radical (unpaired) electrons. The van der Waals surface area contributed by atoms with Crippen molar-refractivity contribution in [2.75, 3.05) is 26.1 Å². The van der Waals surface area contributed by atoms with E-state index >= 15 is 0 Å². The van der Waals surface area contributed by atoms with Crippen LogP contribution in [0.2, 0.25) is 0 Å². The highest BCUT2D eigenvalue weighted by molar-refractivity contribution is 5.73. The van der Waals surface area contributed by atoms with Crippen LogP contribution in [-0.4, -0.2) is 37.8 Å². The van der Waals surface area contributed by atoms with Crippen molar-refractivity contribution in [1.29, 1.82) is 0 Å². The van der Waals surface area contributed by atoms with Crippen LogP contribution in [0.15, 0.2) is 12.1 Å². The summed E-state index contributed by atoms with van der Waals surface area (Å²) in [5.74, 6) is -1.34. The lowest BCUT2D eigenvalue weighted by Crippen LogP contribution is -2.10. The average Bonchev–Trinajstić information content (AvgIpc) is 2.41. The molecular weight excluding hydrogens is 262 g/mol. The van der Waals surface area contributed by atoms with Gasteiger partial charge in [-0.2, -0.15) is 0 Å². The Kier molecular flexibility index (Phi) is 5.99. The zero-order chi connectivity index (χ0) is 15.1.